The van der Waals surface area contributed by atoms with Crippen LogP contribution in [-0.4, -0.2) is 18.4 Å². The van der Waals surface area contributed by atoms with Crippen molar-refractivity contribution in [3.63, 3.8) is 0 Å². The molecule has 0 saturated carbocycles. The predicted molar refractivity (Wildman–Crippen MR) is 120 cm³/mol. The smallest absolute Gasteiger partial charge is 0.119 e. The van der Waals surface area contributed by atoms with Gasteiger partial charge in [0.15, 0.2) is 0 Å². The van der Waals surface area contributed by atoms with Crippen LogP contribution in [0.15, 0.2) is 66.1 Å². The van der Waals surface area contributed by atoms with Crippen molar-refractivity contribution in [2.24, 2.45) is 0 Å². The fourth-order valence-corrected chi connectivity index (χ4v) is 4.14. The summed E-state index contributed by atoms with van der Waals surface area (Å²) in [6.07, 6.45) is 4.01. The minimum atomic E-state index is 0.201. The van der Waals surface area contributed by atoms with Gasteiger partial charge in [0.2, 0.25) is 0 Å². The summed E-state index contributed by atoms with van der Waals surface area (Å²) in [7, 11) is 1.69. The van der Waals surface area contributed by atoms with E-state index in [1.54, 1.807) is 7.11 Å². The lowest BCUT2D eigenvalue weighted by Crippen LogP contribution is -2.22. The first-order valence-corrected chi connectivity index (χ1v) is 10.5. The van der Waals surface area contributed by atoms with Crippen molar-refractivity contribution in [2.45, 2.75) is 62.1 Å². The molecule has 0 fully saturated rings. The molecular weight excluding hydrogens is 350 g/mol. The van der Waals surface area contributed by atoms with Crippen LogP contribution in [0.3, 0.4) is 0 Å². The fraction of sp³-hybridized carbons (Fsp3) is 0.417. The van der Waals surface area contributed by atoms with Crippen LogP contribution < -0.4 is 10.1 Å². The number of hydrogen-bond donors (Lipinski definition) is 1. The molecule has 2 nitrogen and oxygen atoms in total. The molecule has 0 aromatic heterocycles. The van der Waals surface area contributed by atoms with Gasteiger partial charge >= 0.3 is 0 Å². The summed E-state index contributed by atoms with van der Waals surface area (Å²) in [4.78, 5) is 1.33. The van der Waals surface area contributed by atoms with E-state index in [1.165, 1.54) is 10.5 Å². The van der Waals surface area contributed by atoms with Crippen molar-refractivity contribution >= 4 is 17.4 Å². The van der Waals surface area contributed by atoms with Gasteiger partial charge in [-0.1, -0.05) is 45.9 Å². The molecule has 0 bridgehead atoms. The van der Waals surface area contributed by atoms with Crippen LogP contribution in [0.25, 0.3) is 0 Å². The summed E-state index contributed by atoms with van der Waals surface area (Å²) in [6, 6.07) is 17.5. The Morgan fingerprint density at radius 2 is 1.70 bits per heavy atom. The second-order valence-corrected chi connectivity index (χ2v) is 9.54. The van der Waals surface area contributed by atoms with Gasteiger partial charge in [0.25, 0.3) is 0 Å². The molecule has 0 amide bonds. The van der Waals surface area contributed by atoms with Crippen LogP contribution >= 0.6 is 11.8 Å². The molecule has 0 heterocycles. The van der Waals surface area contributed by atoms with Gasteiger partial charge in [0.05, 0.1) is 7.11 Å². The second-order valence-electron chi connectivity index (χ2n) is 8.03. The number of anilines is 1. The van der Waals surface area contributed by atoms with E-state index in [9.17, 15) is 0 Å². The van der Waals surface area contributed by atoms with Crippen LogP contribution in [0.5, 0.6) is 5.75 Å². The molecule has 2 atom stereocenters. The van der Waals surface area contributed by atoms with Gasteiger partial charge in [0, 0.05) is 21.9 Å². The largest absolute Gasteiger partial charge is 0.497 e. The Morgan fingerprint density at radius 1 is 1.07 bits per heavy atom. The second kappa shape index (κ2) is 9.89. The Hall–Kier alpha value is -1.87. The Kier molecular flexibility index (Phi) is 7.85. The number of rotatable bonds is 9. The normalized spacial score (nSPS) is 13.7. The molecule has 0 aliphatic rings. The maximum Gasteiger partial charge on any atom is 0.119 e. The van der Waals surface area contributed by atoms with Crippen molar-refractivity contribution in [1.29, 1.82) is 0 Å². The minimum absolute atomic E-state index is 0.201. The molecular formula is C24H33NOS. The Bertz CT molecular complexity index is 701. The van der Waals surface area contributed by atoms with E-state index in [1.807, 2.05) is 30.0 Å². The van der Waals surface area contributed by atoms with Crippen molar-refractivity contribution in [3.8, 4) is 5.75 Å². The first kappa shape index (κ1) is 21.4. The van der Waals surface area contributed by atoms with Gasteiger partial charge in [0.1, 0.15) is 5.75 Å². The van der Waals surface area contributed by atoms with Gasteiger partial charge in [-0.2, -0.15) is 0 Å². The molecule has 146 valence electrons. The van der Waals surface area contributed by atoms with Crippen LogP contribution in [0.1, 0.15) is 46.1 Å². The Balaban J connectivity index is 1.95. The highest BCUT2D eigenvalue weighted by Gasteiger charge is 2.15. The standard InChI is InChI=1S/C24H33NOS/c1-7-8-21(25-20-11-13-22(26-6)14-12-20)17-18(2)27-23-15-9-19(10-16-23)24(3,4)5/h7,9-16,18,21,25H,1,8,17H2,2-6H3/t18-,21-/m0/s1. The number of methoxy groups -OCH3 is 1. The highest BCUT2D eigenvalue weighted by molar-refractivity contribution is 7.99. The molecule has 0 unspecified atom stereocenters. The third kappa shape index (κ3) is 6.99. The molecule has 1 N–H and O–H groups in total. The van der Waals surface area contributed by atoms with Crippen molar-refractivity contribution in [3.05, 3.63) is 66.7 Å². The van der Waals surface area contributed by atoms with E-state index < -0.39 is 0 Å². The molecule has 2 aromatic rings. The van der Waals surface area contributed by atoms with Gasteiger partial charge in [-0.15, -0.1) is 18.3 Å². The first-order valence-electron chi connectivity index (χ1n) is 9.60. The van der Waals surface area contributed by atoms with Crippen molar-refractivity contribution < 1.29 is 4.74 Å². The van der Waals surface area contributed by atoms with E-state index in [0.717, 1.165) is 24.3 Å². The van der Waals surface area contributed by atoms with E-state index in [0.29, 0.717) is 11.3 Å². The SMILES string of the molecule is C=CC[C@@H](C[C@H](C)Sc1ccc(C(C)(C)C)cc1)Nc1ccc(OC)cc1. The van der Waals surface area contributed by atoms with Crippen LogP contribution in [-0.2, 0) is 5.41 Å². The Labute approximate surface area is 169 Å². The average molecular weight is 384 g/mol. The monoisotopic (exact) mass is 383 g/mol. The maximum absolute atomic E-state index is 5.23. The highest BCUT2D eigenvalue weighted by atomic mass is 32.2. The van der Waals surface area contributed by atoms with Crippen molar-refractivity contribution in [2.75, 3.05) is 12.4 Å². The zero-order valence-electron chi connectivity index (χ0n) is 17.3. The van der Waals surface area contributed by atoms with Gasteiger partial charge in [-0.3, -0.25) is 0 Å². The maximum atomic E-state index is 5.23. The quantitative estimate of drug-likeness (QED) is 0.375. The van der Waals surface area contributed by atoms with Crippen molar-refractivity contribution in [1.82, 2.24) is 0 Å². The van der Waals surface area contributed by atoms with E-state index in [4.69, 9.17) is 4.74 Å². The predicted octanol–water partition coefficient (Wildman–Crippen LogP) is 6.92. The summed E-state index contributed by atoms with van der Waals surface area (Å²) >= 11 is 1.94. The van der Waals surface area contributed by atoms with Crippen LogP contribution in [0, 0.1) is 0 Å². The summed E-state index contributed by atoms with van der Waals surface area (Å²) in [5, 5.41) is 4.15. The minimum Gasteiger partial charge on any atom is -0.497 e. The number of hydrogen-bond acceptors (Lipinski definition) is 3. The van der Waals surface area contributed by atoms with Gasteiger partial charge < -0.3 is 10.1 Å². The zero-order chi connectivity index (χ0) is 19.9. The number of benzene rings is 2. The molecule has 0 saturated heterocycles. The van der Waals surface area contributed by atoms with Gasteiger partial charge in [-0.05, 0) is 60.2 Å². The molecule has 3 heteroatoms. The first-order chi connectivity index (χ1) is 12.8. The van der Waals surface area contributed by atoms with Crippen LogP contribution in [0.2, 0.25) is 0 Å². The summed E-state index contributed by atoms with van der Waals surface area (Å²) in [6.45, 7) is 13.0. The number of nitrogens with one attached hydrogen (secondary N) is 1. The molecule has 2 aromatic carbocycles. The van der Waals surface area contributed by atoms with E-state index >= 15 is 0 Å². The number of ether oxygens (including phenoxy) is 1. The van der Waals surface area contributed by atoms with E-state index in [2.05, 4.69) is 76.0 Å². The molecule has 0 aliphatic carbocycles. The Morgan fingerprint density at radius 3 is 2.22 bits per heavy atom. The third-order valence-corrected chi connectivity index (χ3v) is 5.73. The fourth-order valence-electron chi connectivity index (χ4n) is 3.05. The summed E-state index contributed by atoms with van der Waals surface area (Å²) in [5.74, 6) is 0.878. The van der Waals surface area contributed by atoms with Gasteiger partial charge in [-0.25, -0.2) is 0 Å². The van der Waals surface area contributed by atoms with Crippen LogP contribution in [0.4, 0.5) is 5.69 Å². The molecule has 0 aliphatic heterocycles. The zero-order valence-corrected chi connectivity index (χ0v) is 18.1. The molecule has 2 rings (SSSR count). The lowest BCUT2D eigenvalue weighted by atomic mass is 9.87. The third-order valence-electron chi connectivity index (χ3n) is 4.59. The lowest BCUT2D eigenvalue weighted by Gasteiger charge is -2.23. The average Bonchev–Trinajstić information content (AvgIpc) is 2.62. The summed E-state index contributed by atoms with van der Waals surface area (Å²) < 4.78 is 5.23. The molecule has 0 radical (unpaired) electrons. The van der Waals surface area contributed by atoms with E-state index in [-0.39, 0.29) is 5.41 Å². The molecule has 27 heavy (non-hydrogen) atoms. The number of thioether (sulfide) groups is 1. The topological polar surface area (TPSA) is 21.3 Å². The summed E-state index contributed by atoms with van der Waals surface area (Å²) in [5.41, 5.74) is 2.70. The highest BCUT2D eigenvalue weighted by Crippen LogP contribution is 2.30. The lowest BCUT2D eigenvalue weighted by molar-refractivity contribution is 0.415. The molecule has 0 spiro atoms.